The van der Waals surface area contributed by atoms with E-state index in [1.54, 1.807) is 65.6 Å². The zero-order valence-corrected chi connectivity index (χ0v) is 41.8. The molecule has 3 aromatic carbocycles. The maximum atomic E-state index is 14.0. The van der Waals surface area contributed by atoms with Crippen molar-refractivity contribution in [1.29, 1.82) is 0 Å². The van der Waals surface area contributed by atoms with Crippen molar-refractivity contribution in [1.82, 2.24) is 19.4 Å². The number of anilines is 3. The number of ether oxygens (including phenoxy) is 2. The van der Waals surface area contributed by atoms with Crippen LogP contribution in [-0.4, -0.2) is 137 Å². The van der Waals surface area contributed by atoms with Crippen LogP contribution >= 0.6 is 22.9 Å². The molecule has 72 heavy (non-hydrogen) atoms. The minimum Gasteiger partial charge on any atom is -0.479 e. The lowest BCUT2D eigenvalue weighted by molar-refractivity contribution is -0.139. The van der Waals surface area contributed by atoms with Crippen LogP contribution in [0, 0.1) is 0 Å². The summed E-state index contributed by atoms with van der Waals surface area (Å²) in [5.41, 5.74) is 3.15. The fourth-order valence-corrected chi connectivity index (χ4v) is 13.1. The summed E-state index contributed by atoms with van der Waals surface area (Å²) in [4.78, 5) is 89.9. The molecule has 8 rings (SSSR count). The normalized spacial score (nSPS) is 19.3. The third-order valence-corrected chi connectivity index (χ3v) is 16.8. The van der Waals surface area contributed by atoms with Gasteiger partial charge in [-0.25, -0.2) is 18.0 Å². The molecule has 6 N–H and O–H groups in total. The summed E-state index contributed by atoms with van der Waals surface area (Å²) < 4.78 is 40.6. The number of aliphatic carboxylic acids is 1. The second-order valence-electron chi connectivity index (χ2n) is 18.7. The highest BCUT2D eigenvalue weighted by Gasteiger charge is 2.42. The first-order chi connectivity index (χ1) is 34.3. The predicted molar refractivity (Wildman–Crippen MR) is 267 cm³/mol. The monoisotopic (exact) mass is 1050 g/mol. The molecule has 4 aromatic rings. The van der Waals surface area contributed by atoms with E-state index < -0.39 is 52.0 Å². The summed E-state index contributed by atoms with van der Waals surface area (Å²) in [7, 11) is -3.83. The number of rotatable bonds is 18. The van der Waals surface area contributed by atoms with Crippen LogP contribution in [0.3, 0.4) is 0 Å². The molecular weight excluding hydrogens is 994 g/mol. The molecule has 3 saturated heterocycles. The van der Waals surface area contributed by atoms with Crippen LogP contribution < -0.4 is 26.0 Å². The average molecular weight is 1050 g/mol. The molecule has 0 saturated carbocycles. The van der Waals surface area contributed by atoms with Gasteiger partial charge in [0.2, 0.25) is 33.7 Å². The molecule has 5 heterocycles. The molecule has 1 aromatic heterocycles. The van der Waals surface area contributed by atoms with E-state index in [0.717, 1.165) is 11.3 Å². The van der Waals surface area contributed by atoms with E-state index in [2.05, 4.69) is 21.3 Å². The van der Waals surface area contributed by atoms with Gasteiger partial charge in [0.15, 0.2) is 17.2 Å². The van der Waals surface area contributed by atoms with E-state index in [1.165, 1.54) is 9.21 Å². The molecule has 0 spiro atoms. The number of thiophene rings is 1. The quantitative estimate of drug-likeness (QED) is 0.0697. The third kappa shape index (κ3) is 11.8. The lowest BCUT2D eigenvalue weighted by Gasteiger charge is -2.45. The summed E-state index contributed by atoms with van der Waals surface area (Å²) in [6.07, 6.45) is 2.11. The van der Waals surface area contributed by atoms with E-state index in [4.69, 9.17) is 26.2 Å². The van der Waals surface area contributed by atoms with Gasteiger partial charge in [-0.3, -0.25) is 29.3 Å². The second-order valence-corrected chi connectivity index (χ2v) is 22.0. The Balaban J connectivity index is 0.777. The number of benzene rings is 3. The number of likely N-dealkylation sites (tertiary alicyclic amines) is 1. The Morgan fingerprint density at radius 3 is 2.38 bits per heavy atom. The molecule has 3 fully saturated rings. The van der Waals surface area contributed by atoms with Crippen molar-refractivity contribution in [2.75, 3.05) is 55.3 Å². The minimum absolute atomic E-state index is 0.0109. The molecular formula is C49H54ClN7O13S2. The van der Waals surface area contributed by atoms with Crippen molar-refractivity contribution in [2.45, 2.75) is 88.4 Å². The standard InChI is InChI=1S/C49H54ClN7O13S2/c1-49(2)22-32(52-31-9-4-7-29(21-31)44-42(50)43(70-26-41(61)62)45(71-44)48(65)66)14-19-57(49)72(67,68)27-28-6-3-8-30(20-28)53-39(59)25-69-33-15-17-55(18-16-33)40(60)23-51-36-11-5-10-34-35(36)24-56(47(34)64)37-12-13-38(58)54-46(37)63/h3-11,20-21,32-33,37,51-52H,12-19,22-27H2,1-2H3,(H,53,59)(H,61,62)(H,65,66)(H,54,58,63)/t32-,37?/m0/s1. The first kappa shape index (κ1) is 51.8. The second kappa shape index (κ2) is 21.6. The number of aromatic carboxylic acids is 1. The first-order valence-electron chi connectivity index (χ1n) is 23.3. The van der Waals surface area contributed by atoms with Crippen LogP contribution in [0.25, 0.3) is 10.4 Å². The zero-order chi connectivity index (χ0) is 51.5. The van der Waals surface area contributed by atoms with Gasteiger partial charge < -0.3 is 45.4 Å². The number of nitrogens with zero attached hydrogens (tertiary/aromatic N) is 3. The molecule has 0 radical (unpaired) electrons. The molecule has 2 atom stereocenters. The van der Waals surface area contributed by atoms with Crippen molar-refractivity contribution in [2.24, 2.45) is 0 Å². The van der Waals surface area contributed by atoms with Crippen LogP contribution in [0.5, 0.6) is 5.75 Å². The fraction of sp³-hybridized carbons (Fsp3) is 0.408. The number of carbonyl (C=O) groups excluding carboxylic acids is 5. The maximum Gasteiger partial charge on any atom is 0.349 e. The van der Waals surface area contributed by atoms with E-state index >= 15 is 0 Å². The number of halogens is 1. The maximum absolute atomic E-state index is 14.0. The van der Waals surface area contributed by atoms with Gasteiger partial charge in [0.1, 0.15) is 17.7 Å². The third-order valence-electron chi connectivity index (χ3n) is 13.1. The number of imide groups is 1. The number of carbonyl (C=O) groups is 7. The number of nitrogens with one attached hydrogen (secondary N) is 4. The number of piperidine rings is 3. The Morgan fingerprint density at radius 2 is 1.65 bits per heavy atom. The molecule has 1 unspecified atom stereocenters. The predicted octanol–water partition coefficient (Wildman–Crippen LogP) is 5.23. The van der Waals surface area contributed by atoms with Crippen LogP contribution in [0.4, 0.5) is 17.1 Å². The first-order valence-corrected chi connectivity index (χ1v) is 26.1. The molecule has 23 heteroatoms. The number of carboxylic acids is 2. The summed E-state index contributed by atoms with van der Waals surface area (Å²) in [6, 6.07) is 18.1. The van der Waals surface area contributed by atoms with Crippen LogP contribution in [0.1, 0.15) is 83.5 Å². The van der Waals surface area contributed by atoms with E-state index in [0.29, 0.717) is 83.0 Å². The number of carboxylic acid groups (broad SMARTS) is 2. The zero-order valence-electron chi connectivity index (χ0n) is 39.4. The Bertz CT molecular complexity index is 2920. The fourth-order valence-electron chi connectivity index (χ4n) is 9.72. The topological polar surface area (TPSA) is 270 Å². The number of fused-ring (bicyclic) bond motifs is 1. The average Bonchev–Trinajstić information content (AvgIpc) is 3.85. The Morgan fingerprint density at radius 1 is 0.917 bits per heavy atom. The molecule has 5 amide bonds. The van der Waals surface area contributed by atoms with E-state index in [1.807, 2.05) is 19.9 Å². The lowest BCUT2D eigenvalue weighted by atomic mass is 9.89. The summed E-state index contributed by atoms with van der Waals surface area (Å²) in [5.74, 6) is -4.81. The van der Waals surface area contributed by atoms with Gasteiger partial charge >= 0.3 is 11.9 Å². The summed E-state index contributed by atoms with van der Waals surface area (Å²) >= 11 is 7.39. The van der Waals surface area contributed by atoms with Gasteiger partial charge in [-0.05, 0) is 93.5 Å². The number of hydrogen-bond acceptors (Lipinski definition) is 14. The minimum atomic E-state index is -3.83. The van der Waals surface area contributed by atoms with Crippen molar-refractivity contribution >= 4 is 91.5 Å². The smallest absolute Gasteiger partial charge is 0.349 e. The lowest BCUT2D eigenvalue weighted by Crippen LogP contribution is -2.55. The van der Waals surface area contributed by atoms with Gasteiger partial charge in [-0.1, -0.05) is 41.9 Å². The molecule has 0 aliphatic carbocycles. The van der Waals surface area contributed by atoms with Crippen molar-refractivity contribution in [3.05, 3.63) is 93.3 Å². The van der Waals surface area contributed by atoms with Gasteiger partial charge in [-0.15, -0.1) is 11.3 Å². The van der Waals surface area contributed by atoms with Crippen molar-refractivity contribution in [3.8, 4) is 16.2 Å². The molecule has 382 valence electrons. The Kier molecular flexibility index (Phi) is 15.6. The SMILES string of the molecule is CC1(C)C[C@@H](Nc2cccc(-c3sc(C(=O)O)c(OCC(=O)O)c3Cl)c2)CCN1S(=O)(=O)Cc1cccc(NC(=O)COC2CCN(C(=O)CNc3cccc4c3CN(C3CCC(=O)NC3=O)C4=O)CC2)c1. The van der Waals surface area contributed by atoms with Gasteiger partial charge in [0.05, 0.1) is 23.3 Å². The Hall–Kier alpha value is -6.59. The molecule has 0 bridgehead atoms. The highest BCUT2D eigenvalue weighted by Crippen LogP contribution is 2.46. The molecule has 4 aliphatic rings. The van der Waals surface area contributed by atoms with Crippen LogP contribution in [0.2, 0.25) is 5.02 Å². The van der Waals surface area contributed by atoms with Crippen LogP contribution in [-0.2, 0) is 51.0 Å². The van der Waals surface area contributed by atoms with E-state index in [-0.39, 0.29) is 90.4 Å². The van der Waals surface area contributed by atoms with Crippen molar-refractivity contribution in [3.63, 3.8) is 0 Å². The van der Waals surface area contributed by atoms with Crippen LogP contribution in [0.15, 0.2) is 66.7 Å². The number of hydrogen-bond donors (Lipinski definition) is 6. The van der Waals surface area contributed by atoms with Crippen molar-refractivity contribution < 1.29 is 61.7 Å². The van der Waals surface area contributed by atoms with Gasteiger partial charge in [-0.2, -0.15) is 4.31 Å². The largest absolute Gasteiger partial charge is 0.479 e. The number of amides is 5. The Labute approximate surface area is 424 Å². The molecule has 20 nitrogen and oxygen atoms in total. The highest BCUT2D eigenvalue weighted by atomic mass is 35.5. The molecule has 4 aliphatic heterocycles. The van der Waals surface area contributed by atoms with Gasteiger partial charge in [0, 0.05) is 72.4 Å². The number of sulfonamides is 1. The summed E-state index contributed by atoms with van der Waals surface area (Å²) in [6.45, 7) is 3.96. The highest BCUT2D eigenvalue weighted by molar-refractivity contribution is 7.88. The summed E-state index contributed by atoms with van der Waals surface area (Å²) in [5, 5.41) is 30.5. The van der Waals surface area contributed by atoms with E-state index in [9.17, 15) is 47.1 Å². The van der Waals surface area contributed by atoms with Gasteiger partial charge in [0.25, 0.3) is 5.91 Å².